The first-order valence-electron chi connectivity index (χ1n) is 7.61. The number of aromatic nitrogens is 2. The molecule has 0 radical (unpaired) electrons. The van der Waals surface area contributed by atoms with Gasteiger partial charge in [0, 0.05) is 19.5 Å². The van der Waals surface area contributed by atoms with Gasteiger partial charge in [0.25, 0.3) is 5.91 Å². The van der Waals surface area contributed by atoms with Crippen LogP contribution in [-0.4, -0.2) is 34.2 Å². The highest BCUT2D eigenvalue weighted by atomic mass is 16.2. The molecule has 0 spiro atoms. The molecule has 1 aromatic heterocycles. The molecular weight excluding hydrogens is 262 g/mol. The van der Waals surface area contributed by atoms with Crippen molar-refractivity contribution in [3.8, 4) is 5.69 Å². The van der Waals surface area contributed by atoms with Crippen LogP contribution >= 0.6 is 0 Å². The fraction of sp³-hybridized carbons (Fsp3) is 0.412. The zero-order chi connectivity index (χ0) is 14.8. The van der Waals surface area contributed by atoms with Crippen molar-refractivity contribution in [2.75, 3.05) is 13.6 Å². The van der Waals surface area contributed by atoms with Crippen molar-refractivity contribution in [1.29, 1.82) is 0 Å². The molecule has 1 aliphatic carbocycles. The number of para-hydroxylation sites is 1. The summed E-state index contributed by atoms with van der Waals surface area (Å²) in [5, 5.41) is 4.68. The lowest BCUT2D eigenvalue weighted by Gasteiger charge is -2.16. The molecule has 1 saturated carbocycles. The Balaban J connectivity index is 1.99. The van der Waals surface area contributed by atoms with E-state index in [4.69, 9.17) is 0 Å². The van der Waals surface area contributed by atoms with Crippen molar-refractivity contribution in [3.05, 3.63) is 47.8 Å². The summed E-state index contributed by atoms with van der Waals surface area (Å²) < 4.78 is 1.79. The fourth-order valence-electron chi connectivity index (χ4n) is 2.53. The second-order valence-electron chi connectivity index (χ2n) is 5.70. The molecule has 3 rings (SSSR count). The number of benzene rings is 1. The summed E-state index contributed by atoms with van der Waals surface area (Å²) in [7, 11) is 1.85. The highest BCUT2D eigenvalue weighted by Crippen LogP contribution is 2.39. The molecule has 0 aliphatic heterocycles. The number of hydrogen-bond acceptors (Lipinski definition) is 2. The lowest BCUT2D eigenvalue weighted by molar-refractivity contribution is 0.0786. The summed E-state index contributed by atoms with van der Waals surface area (Å²) in [5.74, 6) is 0.582. The SMILES string of the molecule is CCCN(C)C(=O)c1cc(C2CC2)nn1-c1ccccc1. The number of hydrogen-bond donors (Lipinski definition) is 0. The molecule has 2 aromatic rings. The first kappa shape index (κ1) is 13.9. The molecule has 21 heavy (non-hydrogen) atoms. The summed E-state index contributed by atoms with van der Waals surface area (Å²) in [4.78, 5) is 14.4. The second-order valence-corrected chi connectivity index (χ2v) is 5.70. The summed E-state index contributed by atoms with van der Waals surface area (Å²) in [5.41, 5.74) is 2.66. The van der Waals surface area contributed by atoms with Gasteiger partial charge in [0.05, 0.1) is 11.4 Å². The van der Waals surface area contributed by atoms with Crippen molar-refractivity contribution in [3.63, 3.8) is 0 Å². The van der Waals surface area contributed by atoms with Gasteiger partial charge in [0.1, 0.15) is 5.69 Å². The van der Waals surface area contributed by atoms with Crippen molar-refractivity contribution in [2.45, 2.75) is 32.1 Å². The Bertz CT molecular complexity index is 629. The van der Waals surface area contributed by atoms with Gasteiger partial charge in [-0.2, -0.15) is 5.10 Å². The number of amides is 1. The average Bonchev–Trinajstić information content (AvgIpc) is 3.26. The summed E-state index contributed by atoms with van der Waals surface area (Å²) in [6.45, 7) is 2.84. The zero-order valence-electron chi connectivity index (χ0n) is 12.6. The lowest BCUT2D eigenvalue weighted by atomic mass is 10.2. The third-order valence-electron chi connectivity index (χ3n) is 3.85. The van der Waals surface area contributed by atoms with Gasteiger partial charge in [0.2, 0.25) is 0 Å². The number of nitrogens with zero attached hydrogens (tertiary/aromatic N) is 3. The number of rotatable bonds is 5. The van der Waals surface area contributed by atoms with E-state index in [9.17, 15) is 4.79 Å². The normalized spacial score (nSPS) is 14.2. The van der Waals surface area contributed by atoms with Gasteiger partial charge in [-0.15, -0.1) is 0 Å². The standard InChI is InChI=1S/C17H21N3O/c1-3-11-19(2)17(21)16-12-15(13-9-10-13)18-20(16)14-7-5-4-6-8-14/h4-8,12-13H,3,9-11H2,1-2H3. The van der Waals surface area contributed by atoms with Crippen LogP contribution in [0.15, 0.2) is 36.4 Å². The quantitative estimate of drug-likeness (QED) is 0.845. The molecule has 1 fully saturated rings. The van der Waals surface area contributed by atoms with E-state index in [2.05, 4.69) is 12.0 Å². The van der Waals surface area contributed by atoms with Crippen LogP contribution in [0.3, 0.4) is 0 Å². The smallest absolute Gasteiger partial charge is 0.272 e. The maximum Gasteiger partial charge on any atom is 0.272 e. The van der Waals surface area contributed by atoms with Crippen LogP contribution in [-0.2, 0) is 0 Å². The Morgan fingerprint density at radius 1 is 1.33 bits per heavy atom. The lowest BCUT2D eigenvalue weighted by Crippen LogP contribution is -2.29. The summed E-state index contributed by atoms with van der Waals surface area (Å²) in [6.07, 6.45) is 3.33. The molecule has 4 nitrogen and oxygen atoms in total. The molecule has 110 valence electrons. The summed E-state index contributed by atoms with van der Waals surface area (Å²) in [6, 6.07) is 11.9. The Labute approximate surface area is 125 Å². The Morgan fingerprint density at radius 3 is 2.67 bits per heavy atom. The first-order valence-corrected chi connectivity index (χ1v) is 7.61. The van der Waals surface area contributed by atoms with E-state index in [0.717, 1.165) is 24.3 Å². The van der Waals surface area contributed by atoms with Crippen LogP contribution in [0.5, 0.6) is 0 Å². The molecule has 4 heteroatoms. The van der Waals surface area contributed by atoms with Crippen LogP contribution in [0.1, 0.15) is 48.3 Å². The first-order chi connectivity index (χ1) is 10.2. The molecule has 0 atom stereocenters. The molecule has 1 amide bonds. The van der Waals surface area contributed by atoms with Gasteiger partial charge in [0.15, 0.2) is 0 Å². The largest absolute Gasteiger partial charge is 0.340 e. The average molecular weight is 283 g/mol. The maximum absolute atomic E-state index is 12.7. The molecular formula is C17H21N3O. The van der Waals surface area contributed by atoms with Crippen LogP contribution in [0.2, 0.25) is 0 Å². The third kappa shape index (κ3) is 2.84. The van der Waals surface area contributed by atoms with E-state index in [1.807, 2.05) is 43.4 Å². The van der Waals surface area contributed by atoms with Gasteiger partial charge in [-0.25, -0.2) is 4.68 Å². The maximum atomic E-state index is 12.7. The molecule has 0 bridgehead atoms. The van der Waals surface area contributed by atoms with Gasteiger partial charge in [-0.3, -0.25) is 4.79 Å². The van der Waals surface area contributed by atoms with E-state index in [1.54, 1.807) is 9.58 Å². The van der Waals surface area contributed by atoms with Crippen LogP contribution in [0.25, 0.3) is 5.69 Å². The summed E-state index contributed by atoms with van der Waals surface area (Å²) >= 11 is 0. The molecule has 1 aromatic carbocycles. The van der Waals surface area contributed by atoms with Gasteiger partial charge in [-0.05, 0) is 37.5 Å². The highest BCUT2D eigenvalue weighted by molar-refractivity contribution is 5.93. The van der Waals surface area contributed by atoms with E-state index >= 15 is 0 Å². The van der Waals surface area contributed by atoms with Gasteiger partial charge in [-0.1, -0.05) is 25.1 Å². The van der Waals surface area contributed by atoms with E-state index in [0.29, 0.717) is 11.6 Å². The second kappa shape index (κ2) is 5.72. The minimum absolute atomic E-state index is 0.0418. The minimum atomic E-state index is 0.0418. The molecule has 0 unspecified atom stereocenters. The molecule has 1 heterocycles. The molecule has 0 N–H and O–H groups in total. The number of carbonyl (C=O) groups is 1. The third-order valence-corrected chi connectivity index (χ3v) is 3.85. The van der Waals surface area contributed by atoms with Crippen molar-refractivity contribution < 1.29 is 4.79 Å². The zero-order valence-corrected chi connectivity index (χ0v) is 12.6. The minimum Gasteiger partial charge on any atom is -0.340 e. The van der Waals surface area contributed by atoms with Crippen molar-refractivity contribution in [1.82, 2.24) is 14.7 Å². The monoisotopic (exact) mass is 283 g/mol. The predicted octanol–water partition coefficient (Wildman–Crippen LogP) is 3.23. The van der Waals surface area contributed by atoms with Gasteiger partial charge < -0.3 is 4.90 Å². The Morgan fingerprint density at radius 2 is 2.05 bits per heavy atom. The van der Waals surface area contributed by atoms with E-state index in [-0.39, 0.29) is 5.91 Å². The van der Waals surface area contributed by atoms with Crippen molar-refractivity contribution in [2.24, 2.45) is 0 Å². The van der Waals surface area contributed by atoms with Crippen LogP contribution < -0.4 is 0 Å². The van der Waals surface area contributed by atoms with Crippen LogP contribution in [0, 0.1) is 0 Å². The highest BCUT2D eigenvalue weighted by Gasteiger charge is 2.29. The van der Waals surface area contributed by atoms with E-state index < -0.39 is 0 Å². The van der Waals surface area contributed by atoms with E-state index in [1.165, 1.54) is 12.8 Å². The van der Waals surface area contributed by atoms with Gasteiger partial charge >= 0.3 is 0 Å². The topological polar surface area (TPSA) is 38.1 Å². The molecule has 0 saturated heterocycles. The number of carbonyl (C=O) groups excluding carboxylic acids is 1. The molecule has 1 aliphatic rings. The Hall–Kier alpha value is -2.10. The Kier molecular flexibility index (Phi) is 3.78. The fourth-order valence-corrected chi connectivity index (χ4v) is 2.53. The predicted molar refractivity (Wildman–Crippen MR) is 82.8 cm³/mol. The van der Waals surface area contributed by atoms with Crippen molar-refractivity contribution >= 4 is 5.91 Å². The van der Waals surface area contributed by atoms with Crippen LogP contribution in [0.4, 0.5) is 0 Å².